The van der Waals surface area contributed by atoms with Crippen LogP contribution in [0.4, 0.5) is 0 Å². The molecule has 3 bridgehead atoms. The van der Waals surface area contributed by atoms with Crippen molar-refractivity contribution >= 4 is 0 Å². The SMILES string of the molecule is CC.COc1cccc2c1C13CC(CC2(C)C1)N(Cc1ccccc1)C3. The van der Waals surface area contributed by atoms with Crippen LogP contribution < -0.4 is 4.74 Å². The Kier molecular flexibility index (Phi) is 4.35. The van der Waals surface area contributed by atoms with Gasteiger partial charge in [-0.15, -0.1) is 0 Å². The molecule has 3 unspecified atom stereocenters. The standard InChI is InChI=1S/C22H25NO.C2H6/c1-21-11-17-12-22(14-21,20-18(21)9-6-10-19(20)24-2)15-23(17)13-16-7-4-3-5-8-16;1-2/h3-10,17H,11-15H2,1-2H3;1-2H3. The first-order valence-electron chi connectivity index (χ1n) is 10.1. The zero-order valence-electron chi connectivity index (χ0n) is 16.6. The molecule has 1 aliphatic heterocycles. The minimum Gasteiger partial charge on any atom is -0.496 e. The zero-order valence-corrected chi connectivity index (χ0v) is 16.6. The molecule has 3 aliphatic rings. The topological polar surface area (TPSA) is 12.5 Å². The fraction of sp³-hybridized carbons (Fsp3) is 0.500. The fourth-order valence-corrected chi connectivity index (χ4v) is 6.06. The Balaban J connectivity index is 0.000000814. The van der Waals surface area contributed by atoms with Crippen LogP contribution in [-0.2, 0) is 17.4 Å². The Bertz CT molecular complexity index is 786. The van der Waals surface area contributed by atoms with Crippen molar-refractivity contribution in [2.24, 2.45) is 0 Å². The summed E-state index contributed by atoms with van der Waals surface area (Å²) in [5.41, 5.74) is 5.13. The average molecular weight is 350 g/mol. The monoisotopic (exact) mass is 349 g/mol. The van der Waals surface area contributed by atoms with Crippen LogP contribution >= 0.6 is 0 Å². The second kappa shape index (κ2) is 6.42. The van der Waals surface area contributed by atoms with E-state index in [1.807, 2.05) is 21.0 Å². The summed E-state index contributed by atoms with van der Waals surface area (Å²) < 4.78 is 5.79. The third kappa shape index (κ3) is 2.50. The van der Waals surface area contributed by atoms with E-state index in [0.717, 1.165) is 12.3 Å². The maximum absolute atomic E-state index is 5.79. The van der Waals surface area contributed by atoms with Crippen LogP contribution in [0.1, 0.15) is 56.7 Å². The van der Waals surface area contributed by atoms with Gasteiger partial charge in [-0.25, -0.2) is 0 Å². The summed E-state index contributed by atoms with van der Waals surface area (Å²) in [4.78, 5) is 2.73. The van der Waals surface area contributed by atoms with E-state index in [1.54, 1.807) is 5.56 Å². The van der Waals surface area contributed by atoms with Gasteiger partial charge in [-0.05, 0) is 41.9 Å². The molecule has 1 spiro atoms. The van der Waals surface area contributed by atoms with E-state index in [4.69, 9.17) is 4.74 Å². The molecular formula is C24H31NO. The van der Waals surface area contributed by atoms with Crippen molar-refractivity contribution in [2.75, 3.05) is 13.7 Å². The van der Waals surface area contributed by atoms with Crippen molar-refractivity contribution in [2.45, 2.75) is 63.5 Å². The third-order valence-corrected chi connectivity index (χ3v) is 6.72. The van der Waals surface area contributed by atoms with Crippen LogP contribution in [0.2, 0.25) is 0 Å². The van der Waals surface area contributed by atoms with E-state index < -0.39 is 0 Å². The highest BCUT2D eigenvalue weighted by molar-refractivity contribution is 5.56. The van der Waals surface area contributed by atoms with Crippen molar-refractivity contribution in [1.82, 2.24) is 4.90 Å². The summed E-state index contributed by atoms with van der Waals surface area (Å²) in [5, 5.41) is 0. The maximum atomic E-state index is 5.79. The predicted octanol–water partition coefficient (Wildman–Crippen LogP) is 5.30. The molecule has 2 aliphatic carbocycles. The van der Waals surface area contributed by atoms with Crippen molar-refractivity contribution in [3.05, 3.63) is 65.2 Å². The molecule has 2 aromatic carbocycles. The molecule has 2 nitrogen and oxygen atoms in total. The minimum atomic E-state index is 0.300. The lowest BCUT2D eigenvalue weighted by Gasteiger charge is -2.36. The number of benzene rings is 2. The van der Waals surface area contributed by atoms with E-state index in [1.165, 1.54) is 36.9 Å². The number of hydrogen-bond donors (Lipinski definition) is 0. The van der Waals surface area contributed by atoms with E-state index in [-0.39, 0.29) is 0 Å². The van der Waals surface area contributed by atoms with E-state index in [2.05, 4.69) is 60.4 Å². The van der Waals surface area contributed by atoms with Crippen molar-refractivity contribution < 1.29 is 4.74 Å². The highest BCUT2D eigenvalue weighted by atomic mass is 16.5. The Morgan fingerprint density at radius 1 is 1.04 bits per heavy atom. The lowest BCUT2D eigenvalue weighted by Crippen LogP contribution is -2.35. The van der Waals surface area contributed by atoms with E-state index in [9.17, 15) is 0 Å². The van der Waals surface area contributed by atoms with Gasteiger partial charge in [-0.2, -0.15) is 0 Å². The maximum Gasteiger partial charge on any atom is 0.122 e. The highest BCUT2D eigenvalue weighted by Crippen LogP contribution is 2.64. The van der Waals surface area contributed by atoms with Crippen LogP contribution in [0.5, 0.6) is 5.75 Å². The summed E-state index contributed by atoms with van der Waals surface area (Å²) in [6.07, 6.45) is 3.86. The van der Waals surface area contributed by atoms with E-state index >= 15 is 0 Å². The molecular weight excluding hydrogens is 318 g/mol. The Morgan fingerprint density at radius 3 is 2.54 bits per heavy atom. The van der Waals surface area contributed by atoms with Crippen molar-refractivity contribution in [3.8, 4) is 5.75 Å². The number of hydrogen-bond acceptors (Lipinski definition) is 2. The first kappa shape index (κ1) is 17.6. The number of methoxy groups -OCH3 is 1. The molecule has 1 saturated heterocycles. The molecule has 26 heavy (non-hydrogen) atoms. The van der Waals surface area contributed by atoms with Gasteiger partial charge in [0.25, 0.3) is 0 Å². The second-order valence-electron chi connectivity index (χ2n) is 8.35. The first-order valence-corrected chi connectivity index (χ1v) is 10.1. The van der Waals surface area contributed by atoms with Gasteiger partial charge < -0.3 is 4.74 Å². The van der Waals surface area contributed by atoms with Crippen LogP contribution in [-0.4, -0.2) is 24.6 Å². The van der Waals surface area contributed by atoms with Gasteiger partial charge in [0.15, 0.2) is 0 Å². The minimum absolute atomic E-state index is 0.300. The summed E-state index contributed by atoms with van der Waals surface area (Å²) >= 11 is 0. The second-order valence-corrected chi connectivity index (χ2v) is 8.35. The largest absolute Gasteiger partial charge is 0.496 e. The summed E-state index contributed by atoms with van der Waals surface area (Å²) in [5.74, 6) is 1.11. The van der Waals surface area contributed by atoms with Gasteiger partial charge in [0.2, 0.25) is 0 Å². The molecule has 2 heteroatoms. The predicted molar refractivity (Wildman–Crippen MR) is 108 cm³/mol. The van der Waals surface area contributed by atoms with Gasteiger partial charge in [0, 0.05) is 30.1 Å². The molecule has 2 fully saturated rings. The molecule has 1 heterocycles. The molecule has 3 atom stereocenters. The van der Waals surface area contributed by atoms with Crippen molar-refractivity contribution in [3.63, 3.8) is 0 Å². The lowest BCUT2D eigenvalue weighted by atomic mass is 9.68. The number of nitrogens with zero attached hydrogens (tertiary/aromatic N) is 1. The third-order valence-electron chi connectivity index (χ3n) is 6.72. The number of ether oxygens (including phenoxy) is 1. The molecule has 0 radical (unpaired) electrons. The smallest absolute Gasteiger partial charge is 0.122 e. The van der Waals surface area contributed by atoms with Crippen molar-refractivity contribution in [1.29, 1.82) is 0 Å². The Morgan fingerprint density at radius 2 is 1.81 bits per heavy atom. The summed E-state index contributed by atoms with van der Waals surface area (Å²) in [7, 11) is 1.82. The number of likely N-dealkylation sites (tertiary alicyclic amines) is 1. The molecule has 138 valence electrons. The summed E-state index contributed by atoms with van der Waals surface area (Å²) in [6.45, 7) is 8.73. The first-order chi connectivity index (χ1) is 12.6. The van der Waals surface area contributed by atoms with Crippen LogP contribution in [0.15, 0.2) is 48.5 Å². The zero-order chi connectivity index (χ0) is 18.4. The molecule has 0 N–H and O–H groups in total. The lowest BCUT2D eigenvalue weighted by molar-refractivity contribution is 0.203. The summed E-state index contributed by atoms with van der Waals surface area (Å²) in [6, 6.07) is 18.3. The average Bonchev–Trinajstić information content (AvgIpc) is 3.04. The van der Waals surface area contributed by atoms with Gasteiger partial charge in [-0.1, -0.05) is 63.2 Å². The van der Waals surface area contributed by atoms with Crippen LogP contribution in [0.25, 0.3) is 0 Å². The molecule has 2 aromatic rings. The molecule has 0 aromatic heterocycles. The van der Waals surface area contributed by atoms with Gasteiger partial charge in [0.1, 0.15) is 5.75 Å². The van der Waals surface area contributed by atoms with Crippen LogP contribution in [0.3, 0.4) is 0 Å². The number of fused-ring (bicyclic) bond motifs is 4. The quantitative estimate of drug-likeness (QED) is 0.745. The Hall–Kier alpha value is -1.80. The van der Waals surface area contributed by atoms with Gasteiger partial charge >= 0.3 is 0 Å². The van der Waals surface area contributed by atoms with E-state index in [0.29, 0.717) is 16.9 Å². The number of rotatable bonds is 3. The van der Waals surface area contributed by atoms with Gasteiger partial charge in [0.05, 0.1) is 7.11 Å². The Labute approximate surface area is 158 Å². The highest BCUT2D eigenvalue weighted by Gasteiger charge is 2.61. The molecule has 0 amide bonds. The molecule has 1 saturated carbocycles. The normalized spacial score (nSPS) is 31.2. The van der Waals surface area contributed by atoms with Crippen LogP contribution in [0, 0.1) is 0 Å². The fourth-order valence-electron chi connectivity index (χ4n) is 6.06. The van der Waals surface area contributed by atoms with Gasteiger partial charge in [-0.3, -0.25) is 4.90 Å². The molecule has 5 rings (SSSR count).